The Hall–Kier alpha value is -5.26. The second kappa shape index (κ2) is 16.6. The van der Waals surface area contributed by atoms with Gasteiger partial charge in [0.25, 0.3) is 0 Å². The molecule has 2 aliphatic heterocycles. The van der Waals surface area contributed by atoms with E-state index in [0.29, 0.717) is 30.4 Å². The number of allylic oxidation sites excluding steroid dienone is 3. The lowest BCUT2D eigenvalue weighted by atomic mass is 10.1. The fourth-order valence-corrected chi connectivity index (χ4v) is 7.80. The molecule has 5 rings (SSSR count). The minimum absolute atomic E-state index is 0.0141. The molecule has 298 valence electrons. The minimum atomic E-state index is -3.63. The molecule has 16 nitrogen and oxygen atoms in total. The van der Waals surface area contributed by atoms with E-state index < -0.39 is 86.6 Å². The largest absolute Gasteiger partial charge is 0.444 e. The Balaban J connectivity index is 1.24. The van der Waals surface area contributed by atoms with Crippen molar-refractivity contribution >= 4 is 45.8 Å². The highest BCUT2D eigenvalue weighted by atomic mass is 32.2. The van der Waals surface area contributed by atoms with Gasteiger partial charge in [0.05, 0.1) is 24.9 Å². The molecular weight excluding hydrogens is 740 g/mol. The van der Waals surface area contributed by atoms with Gasteiger partial charge in [-0.25, -0.2) is 22.4 Å². The van der Waals surface area contributed by atoms with Crippen molar-refractivity contribution in [2.45, 2.75) is 88.6 Å². The van der Waals surface area contributed by atoms with Crippen LogP contribution in [0, 0.1) is 17.7 Å². The number of likely N-dealkylation sites (tertiary alicyclic amines) is 1. The van der Waals surface area contributed by atoms with E-state index in [1.54, 1.807) is 57.2 Å². The molecule has 0 spiro atoms. The van der Waals surface area contributed by atoms with Gasteiger partial charge >= 0.3 is 12.2 Å². The van der Waals surface area contributed by atoms with E-state index in [1.807, 2.05) is 0 Å². The molecule has 5 atom stereocenters. The maximum Gasteiger partial charge on any atom is 0.410 e. The smallest absolute Gasteiger partial charge is 0.410 e. The summed E-state index contributed by atoms with van der Waals surface area (Å²) in [6.45, 7) is 7.80. The lowest BCUT2D eigenvalue weighted by Crippen LogP contribution is -2.57. The summed E-state index contributed by atoms with van der Waals surface area (Å²) in [5, 5.41) is 2.00. The number of ether oxygens (including phenoxy) is 2. The highest BCUT2D eigenvalue weighted by Crippen LogP contribution is 2.40. The molecule has 18 heteroatoms. The van der Waals surface area contributed by atoms with Crippen molar-refractivity contribution in [2.24, 2.45) is 17.6 Å². The van der Waals surface area contributed by atoms with Gasteiger partial charge in [-0.05, 0) is 63.7 Å². The molecule has 0 aromatic heterocycles. The van der Waals surface area contributed by atoms with Crippen molar-refractivity contribution in [3.05, 3.63) is 72.1 Å². The standard InChI is InChI=1S/C37H47FN6O10S/c1-5-31(45)42(15-8-6-7-10-22-16-26(22)33(47)41-55(51,52)25-13-14-25)21-29(40-35(49)54-37(2,3)4)34(48)44-19-24(17-30(44)32(39)46)53-36(50)43-18-23-11-9-12-28(38)27(23)20-43/h5-12,22,24-26,29-30H,1,13-21H2,2-4H3,(H2,39,46)(H,40,49)(H,41,47). The van der Waals surface area contributed by atoms with Crippen LogP contribution in [0.25, 0.3) is 0 Å². The van der Waals surface area contributed by atoms with E-state index >= 15 is 0 Å². The number of carbonyl (C=O) groups excluding carboxylic acids is 6. The van der Waals surface area contributed by atoms with Crippen LogP contribution in [0.2, 0.25) is 0 Å². The number of hydrogen-bond acceptors (Lipinski definition) is 10. The molecular formula is C37H47FN6O10S. The fraction of sp³-hybridized carbons (Fsp3) is 0.514. The maximum atomic E-state index is 14.3. The summed E-state index contributed by atoms with van der Waals surface area (Å²) < 4.78 is 51.6. The second-order valence-electron chi connectivity index (χ2n) is 15.1. The molecule has 1 aromatic carbocycles. The van der Waals surface area contributed by atoms with Gasteiger partial charge in [0.1, 0.15) is 29.6 Å². The molecule has 0 bridgehead atoms. The molecule has 5 unspecified atom stereocenters. The van der Waals surface area contributed by atoms with Crippen molar-refractivity contribution in [1.29, 1.82) is 0 Å². The molecule has 0 radical (unpaired) electrons. The van der Waals surface area contributed by atoms with Crippen LogP contribution in [0.1, 0.15) is 57.6 Å². The number of nitrogens with zero attached hydrogens (tertiary/aromatic N) is 3. The average Bonchev–Trinajstić information content (AvgIpc) is 4.02. The number of hydrogen-bond donors (Lipinski definition) is 3. The first-order valence-corrected chi connectivity index (χ1v) is 19.5. The third-order valence-electron chi connectivity index (χ3n) is 9.52. The third-order valence-corrected chi connectivity index (χ3v) is 11.4. The van der Waals surface area contributed by atoms with Crippen LogP contribution >= 0.6 is 0 Å². The zero-order chi connectivity index (χ0) is 40.2. The first-order chi connectivity index (χ1) is 25.9. The predicted molar refractivity (Wildman–Crippen MR) is 195 cm³/mol. The summed E-state index contributed by atoms with van der Waals surface area (Å²) in [6, 6.07) is 1.87. The molecule has 55 heavy (non-hydrogen) atoms. The number of nitrogens with two attached hydrogens (primary N) is 1. The number of primary amides is 1. The molecule has 3 fully saturated rings. The van der Waals surface area contributed by atoms with Crippen LogP contribution in [-0.4, -0.2) is 108 Å². The Morgan fingerprint density at radius 1 is 1.11 bits per heavy atom. The summed E-state index contributed by atoms with van der Waals surface area (Å²) in [7, 11) is -3.63. The van der Waals surface area contributed by atoms with E-state index in [2.05, 4.69) is 16.6 Å². The van der Waals surface area contributed by atoms with Gasteiger partial charge in [0.15, 0.2) is 0 Å². The molecule has 4 N–H and O–H groups in total. The van der Waals surface area contributed by atoms with E-state index in [-0.39, 0.29) is 45.1 Å². The molecule has 1 saturated heterocycles. The zero-order valence-electron chi connectivity index (χ0n) is 30.9. The Bertz CT molecular complexity index is 1890. The quantitative estimate of drug-likeness (QED) is 0.184. The first-order valence-electron chi connectivity index (χ1n) is 18.0. The predicted octanol–water partition coefficient (Wildman–Crippen LogP) is 2.00. The summed E-state index contributed by atoms with van der Waals surface area (Å²) in [4.78, 5) is 81.7. The molecule has 2 saturated carbocycles. The number of nitrogens with one attached hydrogen (secondary N) is 2. The van der Waals surface area contributed by atoms with Crippen LogP contribution in [0.3, 0.4) is 0 Å². The van der Waals surface area contributed by atoms with E-state index in [9.17, 15) is 41.6 Å². The monoisotopic (exact) mass is 786 g/mol. The zero-order valence-corrected chi connectivity index (χ0v) is 31.8. The maximum absolute atomic E-state index is 14.3. The summed E-state index contributed by atoms with van der Waals surface area (Å²) in [5.74, 6) is -3.85. The highest BCUT2D eigenvalue weighted by molar-refractivity contribution is 7.90. The van der Waals surface area contributed by atoms with Crippen LogP contribution < -0.4 is 15.8 Å². The number of amides is 6. The van der Waals surface area contributed by atoms with Crippen molar-refractivity contribution in [1.82, 2.24) is 24.7 Å². The number of benzene rings is 1. The van der Waals surface area contributed by atoms with Crippen molar-refractivity contribution in [2.75, 3.05) is 19.6 Å². The van der Waals surface area contributed by atoms with Gasteiger partial charge in [0.2, 0.25) is 33.7 Å². The second-order valence-corrected chi connectivity index (χ2v) is 17.0. The van der Waals surface area contributed by atoms with Crippen LogP contribution in [0.5, 0.6) is 0 Å². The number of carbonyl (C=O) groups is 6. The Kier molecular flexibility index (Phi) is 12.4. The van der Waals surface area contributed by atoms with Gasteiger partial charge in [0, 0.05) is 31.0 Å². The topological polar surface area (TPSA) is 215 Å². The third kappa shape index (κ3) is 10.7. The van der Waals surface area contributed by atoms with Gasteiger partial charge in [-0.2, -0.15) is 0 Å². The van der Waals surface area contributed by atoms with Crippen molar-refractivity contribution in [3.63, 3.8) is 0 Å². The Labute approximate surface area is 318 Å². The number of alkyl carbamates (subject to hydrolysis) is 1. The normalized spacial score (nSPS) is 22.5. The summed E-state index contributed by atoms with van der Waals surface area (Å²) in [5.41, 5.74) is 5.74. The molecule has 2 aliphatic carbocycles. The molecule has 2 heterocycles. The highest BCUT2D eigenvalue weighted by Gasteiger charge is 2.46. The Morgan fingerprint density at radius 3 is 2.47 bits per heavy atom. The average molecular weight is 787 g/mol. The number of sulfonamides is 1. The van der Waals surface area contributed by atoms with Gasteiger partial charge in [-0.1, -0.05) is 43.0 Å². The van der Waals surface area contributed by atoms with Gasteiger partial charge in [-0.3, -0.25) is 28.8 Å². The van der Waals surface area contributed by atoms with Crippen molar-refractivity contribution in [3.8, 4) is 0 Å². The van der Waals surface area contributed by atoms with E-state index in [0.717, 1.165) is 11.0 Å². The summed E-state index contributed by atoms with van der Waals surface area (Å²) >= 11 is 0. The van der Waals surface area contributed by atoms with E-state index in [1.165, 1.54) is 15.9 Å². The summed E-state index contributed by atoms with van der Waals surface area (Å²) in [6.07, 6.45) is 6.39. The lowest BCUT2D eigenvalue weighted by Gasteiger charge is -2.31. The SMILES string of the molecule is C=CC(=O)N(CC=CC=CC1CC1C(=O)NS(=O)(=O)C1CC1)CC(NC(=O)OC(C)(C)C)C(=O)N1CC(OC(=O)N2Cc3cccc(F)c3C2)CC1C(N)=O. The number of halogens is 1. The lowest BCUT2D eigenvalue weighted by molar-refractivity contribution is -0.140. The molecule has 6 amide bonds. The minimum Gasteiger partial charge on any atom is -0.444 e. The molecule has 1 aromatic rings. The van der Waals surface area contributed by atoms with Crippen LogP contribution in [-0.2, 0) is 51.8 Å². The van der Waals surface area contributed by atoms with Crippen molar-refractivity contribution < 1.29 is 51.0 Å². The van der Waals surface area contributed by atoms with Gasteiger partial charge in [-0.15, -0.1) is 0 Å². The number of rotatable bonds is 14. The fourth-order valence-electron chi connectivity index (χ4n) is 6.44. The van der Waals surface area contributed by atoms with Crippen LogP contribution in [0.4, 0.5) is 14.0 Å². The first kappa shape index (κ1) is 40.9. The molecule has 4 aliphatic rings. The Morgan fingerprint density at radius 2 is 1.84 bits per heavy atom. The van der Waals surface area contributed by atoms with Gasteiger partial charge < -0.3 is 30.3 Å². The van der Waals surface area contributed by atoms with Crippen LogP contribution in [0.15, 0.2) is 55.2 Å². The number of fused-ring (bicyclic) bond motifs is 1. The van der Waals surface area contributed by atoms with E-state index in [4.69, 9.17) is 15.2 Å².